The number of piperazine rings is 1. The zero-order chi connectivity index (χ0) is 17.6. The van der Waals surface area contributed by atoms with E-state index in [0.717, 1.165) is 38.1 Å². The maximum absolute atomic E-state index is 13.0. The van der Waals surface area contributed by atoms with Crippen molar-refractivity contribution in [3.05, 3.63) is 30.1 Å². The van der Waals surface area contributed by atoms with Crippen LogP contribution in [0, 0.1) is 5.82 Å². The molecule has 10 heteroatoms. The van der Waals surface area contributed by atoms with Gasteiger partial charge in [-0.15, -0.1) is 24.0 Å². The highest BCUT2D eigenvalue weighted by molar-refractivity contribution is 14.0. The molecule has 7 nitrogen and oxygen atoms in total. The number of hydrogen-bond donors (Lipinski definition) is 2. The van der Waals surface area contributed by atoms with E-state index in [1.165, 1.54) is 12.1 Å². The number of guanidine groups is 1. The first kappa shape index (κ1) is 21.9. The Balaban J connectivity index is 0.00000312. The topological polar surface area (TPSA) is 91.0 Å². The molecule has 1 aliphatic heterocycles. The number of aliphatic imine (C=N–C) groups is 1. The minimum Gasteiger partial charge on any atom is -0.370 e. The molecular formula is C15H25FIN5O2S. The van der Waals surface area contributed by atoms with Crippen molar-refractivity contribution in [2.24, 2.45) is 10.7 Å². The molecule has 1 heterocycles. The van der Waals surface area contributed by atoms with Crippen LogP contribution in [0.5, 0.6) is 0 Å². The molecule has 1 aromatic carbocycles. The standard InChI is InChI=1S/C15H24FN5O2S.HI/c1-24(22,23)19-8-2-7-18-15(17)21-11-9-20(10-12-21)14-5-3-13(16)4-6-14;/h3-6,19H,2,7-12H2,1H3,(H2,17,18);1H. The fourth-order valence-corrected chi connectivity index (χ4v) is 2.99. The minimum atomic E-state index is -3.15. The second kappa shape index (κ2) is 10.1. The second-order valence-electron chi connectivity index (χ2n) is 5.71. The van der Waals surface area contributed by atoms with Crippen LogP contribution in [-0.4, -0.2) is 64.8 Å². The summed E-state index contributed by atoms with van der Waals surface area (Å²) in [7, 11) is -3.15. The van der Waals surface area contributed by atoms with E-state index in [4.69, 9.17) is 5.73 Å². The highest BCUT2D eigenvalue weighted by Crippen LogP contribution is 2.16. The summed E-state index contributed by atoms with van der Waals surface area (Å²) >= 11 is 0. The Morgan fingerprint density at radius 3 is 2.40 bits per heavy atom. The molecule has 1 aromatic rings. The first-order valence-corrected chi connectivity index (χ1v) is 9.74. The first-order chi connectivity index (χ1) is 11.3. The number of hydrogen-bond acceptors (Lipinski definition) is 4. The Hall–Kier alpha value is -1.14. The number of nitrogens with two attached hydrogens (primary N) is 1. The summed E-state index contributed by atoms with van der Waals surface area (Å²) in [6.45, 7) is 3.90. The molecule has 0 amide bonds. The fourth-order valence-electron chi connectivity index (χ4n) is 2.48. The molecule has 0 radical (unpaired) electrons. The predicted molar refractivity (Wildman–Crippen MR) is 110 cm³/mol. The van der Waals surface area contributed by atoms with Crippen molar-refractivity contribution in [1.82, 2.24) is 9.62 Å². The van der Waals surface area contributed by atoms with E-state index in [9.17, 15) is 12.8 Å². The zero-order valence-corrected chi connectivity index (χ0v) is 17.3. The van der Waals surface area contributed by atoms with E-state index < -0.39 is 10.0 Å². The lowest BCUT2D eigenvalue weighted by molar-refractivity contribution is 0.380. The molecule has 0 spiro atoms. The predicted octanol–water partition coefficient (Wildman–Crippen LogP) is 0.820. The van der Waals surface area contributed by atoms with Crippen LogP contribution in [0.25, 0.3) is 0 Å². The van der Waals surface area contributed by atoms with Crippen LogP contribution < -0.4 is 15.4 Å². The molecule has 3 N–H and O–H groups in total. The van der Waals surface area contributed by atoms with Crippen molar-refractivity contribution in [3.63, 3.8) is 0 Å². The van der Waals surface area contributed by atoms with E-state index in [0.29, 0.717) is 25.5 Å². The van der Waals surface area contributed by atoms with Gasteiger partial charge in [0.15, 0.2) is 5.96 Å². The third kappa shape index (κ3) is 7.74. The average molecular weight is 485 g/mol. The quantitative estimate of drug-likeness (QED) is 0.270. The van der Waals surface area contributed by atoms with Crippen molar-refractivity contribution in [2.45, 2.75) is 6.42 Å². The van der Waals surface area contributed by atoms with Crippen LogP contribution in [0.15, 0.2) is 29.3 Å². The largest absolute Gasteiger partial charge is 0.370 e. The minimum absolute atomic E-state index is 0. The number of anilines is 1. The van der Waals surface area contributed by atoms with Crippen LogP contribution in [0.2, 0.25) is 0 Å². The molecule has 142 valence electrons. The molecule has 2 rings (SSSR count). The van der Waals surface area contributed by atoms with Gasteiger partial charge in [0.05, 0.1) is 6.26 Å². The van der Waals surface area contributed by atoms with Crippen molar-refractivity contribution in [3.8, 4) is 0 Å². The highest BCUT2D eigenvalue weighted by Gasteiger charge is 2.18. The zero-order valence-electron chi connectivity index (χ0n) is 14.2. The van der Waals surface area contributed by atoms with Crippen LogP contribution >= 0.6 is 24.0 Å². The highest BCUT2D eigenvalue weighted by atomic mass is 127. The SMILES string of the molecule is CS(=O)(=O)NCCCN=C(N)N1CCN(c2ccc(F)cc2)CC1.I. The lowest BCUT2D eigenvalue weighted by Gasteiger charge is -2.36. The summed E-state index contributed by atoms with van der Waals surface area (Å²) in [5, 5.41) is 0. The van der Waals surface area contributed by atoms with Gasteiger partial charge in [0.2, 0.25) is 10.0 Å². The van der Waals surface area contributed by atoms with Gasteiger partial charge >= 0.3 is 0 Å². The monoisotopic (exact) mass is 485 g/mol. The molecule has 1 saturated heterocycles. The van der Waals surface area contributed by atoms with E-state index >= 15 is 0 Å². The van der Waals surface area contributed by atoms with Gasteiger partial charge in [-0.25, -0.2) is 17.5 Å². The third-order valence-corrected chi connectivity index (χ3v) is 4.50. The normalized spacial score (nSPS) is 15.8. The number of nitrogens with one attached hydrogen (secondary N) is 1. The van der Waals surface area contributed by atoms with Gasteiger partial charge < -0.3 is 15.5 Å². The van der Waals surface area contributed by atoms with Crippen molar-refractivity contribution in [2.75, 3.05) is 50.4 Å². The van der Waals surface area contributed by atoms with E-state index in [1.54, 1.807) is 12.1 Å². The maximum Gasteiger partial charge on any atom is 0.208 e. The summed E-state index contributed by atoms with van der Waals surface area (Å²) in [4.78, 5) is 8.48. The van der Waals surface area contributed by atoms with Crippen LogP contribution in [0.3, 0.4) is 0 Å². The lowest BCUT2D eigenvalue weighted by atomic mass is 10.2. The van der Waals surface area contributed by atoms with E-state index in [-0.39, 0.29) is 29.8 Å². The molecule has 0 unspecified atom stereocenters. The third-order valence-electron chi connectivity index (χ3n) is 3.77. The van der Waals surface area contributed by atoms with Gasteiger partial charge in [0.1, 0.15) is 5.82 Å². The molecule has 0 bridgehead atoms. The maximum atomic E-state index is 13.0. The Morgan fingerprint density at radius 1 is 1.24 bits per heavy atom. The summed E-state index contributed by atoms with van der Waals surface area (Å²) in [5.74, 6) is 0.243. The molecule has 0 saturated carbocycles. The number of halogens is 2. The number of rotatable bonds is 6. The number of benzene rings is 1. The average Bonchev–Trinajstić information content (AvgIpc) is 2.54. The van der Waals surface area contributed by atoms with Crippen molar-refractivity contribution >= 4 is 45.6 Å². The fraction of sp³-hybridized carbons (Fsp3) is 0.533. The van der Waals surface area contributed by atoms with Crippen molar-refractivity contribution < 1.29 is 12.8 Å². The van der Waals surface area contributed by atoms with Gasteiger partial charge in [-0.2, -0.15) is 0 Å². The van der Waals surface area contributed by atoms with Gasteiger partial charge in [-0.1, -0.05) is 0 Å². The van der Waals surface area contributed by atoms with E-state index in [2.05, 4.69) is 14.6 Å². The Labute approximate surface area is 165 Å². The molecule has 0 atom stereocenters. The van der Waals surface area contributed by atoms with Crippen LogP contribution in [-0.2, 0) is 10.0 Å². The summed E-state index contributed by atoms with van der Waals surface area (Å²) in [5.41, 5.74) is 6.99. The van der Waals surface area contributed by atoms with Crippen molar-refractivity contribution in [1.29, 1.82) is 0 Å². The second-order valence-corrected chi connectivity index (χ2v) is 7.54. The first-order valence-electron chi connectivity index (χ1n) is 7.85. The Kier molecular flexibility index (Phi) is 8.86. The Bertz CT molecular complexity index is 661. The number of nitrogens with zero attached hydrogens (tertiary/aromatic N) is 3. The molecule has 0 aromatic heterocycles. The molecular weight excluding hydrogens is 460 g/mol. The van der Waals surface area contributed by atoms with Gasteiger partial charge in [-0.05, 0) is 30.7 Å². The number of sulfonamides is 1. The van der Waals surface area contributed by atoms with E-state index in [1.807, 2.05) is 4.90 Å². The van der Waals surface area contributed by atoms with Gasteiger partial charge in [0, 0.05) is 45.0 Å². The van der Waals surface area contributed by atoms with Gasteiger partial charge in [0.25, 0.3) is 0 Å². The summed E-state index contributed by atoms with van der Waals surface area (Å²) < 4.78 is 37.3. The smallest absolute Gasteiger partial charge is 0.208 e. The lowest BCUT2D eigenvalue weighted by Crippen LogP contribution is -2.51. The molecule has 25 heavy (non-hydrogen) atoms. The summed E-state index contributed by atoms with van der Waals surface area (Å²) in [6.07, 6.45) is 1.73. The molecule has 1 aliphatic rings. The van der Waals surface area contributed by atoms with Crippen LogP contribution in [0.1, 0.15) is 6.42 Å². The van der Waals surface area contributed by atoms with Gasteiger partial charge in [-0.3, -0.25) is 4.99 Å². The summed E-state index contributed by atoms with van der Waals surface area (Å²) in [6, 6.07) is 6.47. The molecule has 1 fully saturated rings. The molecule has 0 aliphatic carbocycles. The van der Waals surface area contributed by atoms with Crippen LogP contribution in [0.4, 0.5) is 10.1 Å². The Morgan fingerprint density at radius 2 is 1.84 bits per heavy atom.